The van der Waals surface area contributed by atoms with Gasteiger partial charge in [0.1, 0.15) is 0 Å². The lowest BCUT2D eigenvalue weighted by molar-refractivity contribution is 0.627. The second-order valence-electron chi connectivity index (χ2n) is 3.99. The summed E-state index contributed by atoms with van der Waals surface area (Å²) >= 11 is 0. The molecule has 0 radical (unpaired) electrons. The van der Waals surface area contributed by atoms with Gasteiger partial charge in [-0.25, -0.2) is 0 Å². The van der Waals surface area contributed by atoms with Crippen molar-refractivity contribution in [2.24, 2.45) is 4.99 Å². The minimum absolute atomic E-state index is 0.663. The maximum atomic E-state index is 4.47. The normalized spacial score (nSPS) is 30.5. The lowest BCUT2D eigenvalue weighted by atomic mass is 9.98. The first-order valence-electron chi connectivity index (χ1n) is 5.09. The quantitative estimate of drug-likeness (QED) is 0.486. The van der Waals surface area contributed by atoms with Crippen molar-refractivity contribution in [1.82, 2.24) is 0 Å². The van der Waals surface area contributed by atoms with E-state index in [0.29, 0.717) is 6.04 Å². The van der Waals surface area contributed by atoms with Gasteiger partial charge in [-0.15, -0.1) is 0 Å². The first kappa shape index (κ1) is 8.03. The van der Waals surface area contributed by atoms with Crippen molar-refractivity contribution in [3.8, 4) is 0 Å². The number of fused-ring (bicyclic) bond motifs is 1. The third-order valence-corrected chi connectivity index (χ3v) is 2.88. The van der Waals surface area contributed by atoms with Gasteiger partial charge >= 0.3 is 0 Å². The number of nitrogens with zero attached hydrogens (tertiary/aromatic N) is 1. The highest BCUT2D eigenvalue weighted by atomic mass is 15.0. The Hall–Kier alpha value is -0.590. The highest BCUT2D eigenvalue weighted by Gasteiger charge is 2.26. The third kappa shape index (κ3) is 1.96. The van der Waals surface area contributed by atoms with Crippen LogP contribution in [-0.4, -0.2) is 11.8 Å². The van der Waals surface area contributed by atoms with Gasteiger partial charge in [0.15, 0.2) is 0 Å². The van der Waals surface area contributed by atoms with Crippen molar-refractivity contribution < 1.29 is 0 Å². The number of hydrogen-bond donors (Lipinski definition) is 0. The van der Waals surface area contributed by atoms with Gasteiger partial charge in [0.25, 0.3) is 0 Å². The molecule has 12 heavy (non-hydrogen) atoms. The molecule has 1 heteroatoms. The van der Waals surface area contributed by atoms with E-state index in [1.165, 1.54) is 56.2 Å². The van der Waals surface area contributed by atoms with Crippen molar-refractivity contribution in [3.05, 3.63) is 12.2 Å². The number of rotatable bonds is 0. The van der Waals surface area contributed by atoms with E-state index in [-0.39, 0.29) is 0 Å². The summed E-state index contributed by atoms with van der Waals surface area (Å²) in [4.78, 5) is 4.47. The lowest BCUT2D eigenvalue weighted by Gasteiger charge is -2.06. The Morgan fingerprint density at radius 1 is 1.08 bits per heavy atom. The first-order valence-corrected chi connectivity index (χ1v) is 5.09. The predicted molar refractivity (Wildman–Crippen MR) is 52.7 cm³/mol. The molecule has 1 saturated carbocycles. The van der Waals surface area contributed by atoms with E-state index >= 15 is 0 Å². The van der Waals surface area contributed by atoms with Crippen LogP contribution >= 0.6 is 0 Å². The van der Waals surface area contributed by atoms with Gasteiger partial charge in [0.05, 0.1) is 6.04 Å². The molecule has 0 spiro atoms. The van der Waals surface area contributed by atoms with Crippen LogP contribution in [0.2, 0.25) is 0 Å². The van der Waals surface area contributed by atoms with Gasteiger partial charge in [-0.1, -0.05) is 25.0 Å². The van der Waals surface area contributed by atoms with E-state index in [1.807, 2.05) is 0 Å². The zero-order valence-electron chi connectivity index (χ0n) is 7.68. The third-order valence-electron chi connectivity index (χ3n) is 2.88. The highest BCUT2D eigenvalue weighted by molar-refractivity contribution is 6.00. The Morgan fingerprint density at radius 3 is 2.92 bits per heavy atom. The molecule has 66 valence electrons. The zero-order valence-corrected chi connectivity index (χ0v) is 7.68. The second-order valence-corrected chi connectivity index (χ2v) is 3.99. The van der Waals surface area contributed by atoms with Crippen LogP contribution in [0.15, 0.2) is 17.1 Å². The Kier molecular flexibility index (Phi) is 2.29. The largest absolute Gasteiger partial charge is 0.283 e. The van der Waals surface area contributed by atoms with Crippen LogP contribution in [-0.2, 0) is 0 Å². The van der Waals surface area contributed by atoms with E-state index in [9.17, 15) is 0 Å². The van der Waals surface area contributed by atoms with Crippen molar-refractivity contribution in [2.45, 2.75) is 51.0 Å². The van der Waals surface area contributed by atoms with Crippen LogP contribution in [0.1, 0.15) is 44.9 Å². The van der Waals surface area contributed by atoms with E-state index in [0.717, 1.165) is 0 Å². The molecule has 0 amide bonds. The van der Waals surface area contributed by atoms with Gasteiger partial charge < -0.3 is 0 Å². The maximum absolute atomic E-state index is 4.47. The molecule has 1 heterocycles. The molecule has 1 fully saturated rings. The molecule has 0 aromatic rings. The molecular weight excluding hydrogens is 146 g/mol. The number of hydrogen-bond acceptors (Lipinski definition) is 1. The summed E-state index contributed by atoms with van der Waals surface area (Å²) in [6.45, 7) is 4.09. The summed E-state index contributed by atoms with van der Waals surface area (Å²) in [7, 11) is 0. The molecule has 2 aliphatic rings. The molecule has 0 saturated heterocycles. The predicted octanol–water partition coefficient (Wildman–Crippen LogP) is 3.11. The van der Waals surface area contributed by atoms with Crippen LogP contribution in [0, 0.1) is 0 Å². The van der Waals surface area contributed by atoms with E-state index in [4.69, 9.17) is 0 Å². The summed E-state index contributed by atoms with van der Waals surface area (Å²) in [5, 5.41) is 0. The molecule has 0 aromatic heterocycles. The summed E-state index contributed by atoms with van der Waals surface area (Å²) in [6, 6.07) is 0.663. The summed E-state index contributed by atoms with van der Waals surface area (Å²) < 4.78 is 0. The monoisotopic (exact) mass is 163 g/mol. The zero-order chi connectivity index (χ0) is 8.39. The average Bonchev–Trinajstić information content (AvgIpc) is 2.80. The molecule has 0 bridgehead atoms. The Balaban J connectivity index is 1.83. The maximum Gasteiger partial charge on any atom is 0.0876 e. The molecule has 1 aliphatic carbocycles. The SMILES string of the molecule is C=C1CCCCCC2N=C2CC1. The fourth-order valence-corrected chi connectivity index (χ4v) is 1.94. The molecular formula is C11H17N. The Morgan fingerprint density at radius 2 is 2.00 bits per heavy atom. The van der Waals surface area contributed by atoms with E-state index < -0.39 is 0 Å². The van der Waals surface area contributed by atoms with Gasteiger partial charge in [0, 0.05) is 5.71 Å². The number of allylic oxidation sites excluding steroid dienone is 1. The lowest BCUT2D eigenvalue weighted by Crippen LogP contribution is -2.00. The molecule has 1 unspecified atom stereocenters. The fraction of sp³-hybridized carbons (Fsp3) is 0.727. The Bertz CT molecular complexity index is 213. The minimum Gasteiger partial charge on any atom is -0.283 e. The summed E-state index contributed by atoms with van der Waals surface area (Å²) in [5.41, 5.74) is 2.91. The molecule has 1 aliphatic heterocycles. The van der Waals surface area contributed by atoms with Crippen LogP contribution < -0.4 is 0 Å². The minimum atomic E-state index is 0.663. The van der Waals surface area contributed by atoms with Crippen LogP contribution in [0.3, 0.4) is 0 Å². The van der Waals surface area contributed by atoms with Crippen molar-refractivity contribution in [2.75, 3.05) is 0 Å². The first-order chi connectivity index (χ1) is 5.86. The summed E-state index contributed by atoms with van der Waals surface area (Å²) in [5.74, 6) is 0. The van der Waals surface area contributed by atoms with Crippen molar-refractivity contribution in [3.63, 3.8) is 0 Å². The van der Waals surface area contributed by atoms with Crippen LogP contribution in [0.25, 0.3) is 0 Å². The van der Waals surface area contributed by atoms with Crippen molar-refractivity contribution in [1.29, 1.82) is 0 Å². The Labute approximate surface area is 74.6 Å². The van der Waals surface area contributed by atoms with Crippen molar-refractivity contribution >= 4 is 5.71 Å². The smallest absolute Gasteiger partial charge is 0.0876 e. The second kappa shape index (κ2) is 3.42. The van der Waals surface area contributed by atoms with Gasteiger partial charge in [-0.3, -0.25) is 4.99 Å². The molecule has 0 aromatic carbocycles. The fourth-order valence-electron chi connectivity index (χ4n) is 1.94. The van der Waals surface area contributed by atoms with E-state index in [2.05, 4.69) is 11.6 Å². The molecule has 0 N–H and O–H groups in total. The van der Waals surface area contributed by atoms with E-state index in [1.54, 1.807) is 0 Å². The standard InChI is InChI=1S/C11H17N/c1-9-5-3-2-4-6-10-11(12-10)8-7-9/h10H,1-8H2. The van der Waals surface area contributed by atoms with Crippen LogP contribution in [0.4, 0.5) is 0 Å². The molecule has 1 nitrogen and oxygen atoms in total. The van der Waals surface area contributed by atoms with Gasteiger partial charge in [-0.05, 0) is 32.1 Å². The molecule has 2 rings (SSSR count). The highest BCUT2D eigenvalue weighted by Crippen LogP contribution is 2.26. The number of aliphatic imine (C=N–C) groups is 1. The molecule has 1 atom stereocenters. The topological polar surface area (TPSA) is 12.4 Å². The van der Waals surface area contributed by atoms with Gasteiger partial charge in [-0.2, -0.15) is 0 Å². The average molecular weight is 163 g/mol. The van der Waals surface area contributed by atoms with Gasteiger partial charge in [0.2, 0.25) is 0 Å². The summed E-state index contributed by atoms with van der Waals surface area (Å²) in [6.07, 6.45) is 9.04. The van der Waals surface area contributed by atoms with Crippen LogP contribution in [0.5, 0.6) is 0 Å².